The van der Waals surface area contributed by atoms with Gasteiger partial charge in [0, 0.05) is 18.2 Å². The summed E-state index contributed by atoms with van der Waals surface area (Å²) in [5.41, 5.74) is 2.40. The molecule has 2 N–H and O–H groups in total. The van der Waals surface area contributed by atoms with Crippen LogP contribution in [0.2, 0.25) is 0 Å². The lowest BCUT2D eigenvalue weighted by molar-refractivity contribution is -0.124. The number of halogens is 1. The van der Waals surface area contributed by atoms with Crippen LogP contribution in [-0.2, 0) is 20.0 Å². The zero-order chi connectivity index (χ0) is 18.8. The average Bonchev–Trinajstić information content (AvgIpc) is 3.09. The Morgan fingerprint density at radius 1 is 1.15 bits per heavy atom. The normalized spacial score (nSPS) is 21.3. The highest BCUT2D eigenvalue weighted by Gasteiger charge is 2.49. The molecule has 152 valence electrons. The number of benzene rings is 1. The molecule has 2 fully saturated rings. The zero-order valence-electron chi connectivity index (χ0n) is 16.2. The summed E-state index contributed by atoms with van der Waals surface area (Å²) in [7, 11) is -3.48. The summed E-state index contributed by atoms with van der Waals surface area (Å²) < 4.78 is 23.6. The first-order chi connectivity index (χ1) is 12.3. The first-order valence-electron chi connectivity index (χ1n) is 9.55. The van der Waals surface area contributed by atoms with Crippen molar-refractivity contribution >= 4 is 28.2 Å². The molecule has 0 spiro atoms. The number of hydrogen-bond acceptors (Lipinski definition) is 4. The fourth-order valence-corrected chi connectivity index (χ4v) is 5.96. The van der Waals surface area contributed by atoms with E-state index in [-0.39, 0.29) is 23.7 Å². The highest BCUT2D eigenvalue weighted by molar-refractivity contribution is 7.92. The fourth-order valence-electron chi connectivity index (χ4n) is 4.60. The molecule has 1 saturated heterocycles. The first kappa shape index (κ1) is 22.2. The second-order valence-corrected chi connectivity index (χ2v) is 10.4. The average molecular weight is 415 g/mol. The molecular formula is C20H31ClN2O3S. The van der Waals surface area contributed by atoms with E-state index >= 15 is 0 Å². The van der Waals surface area contributed by atoms with Gasteiger partial charge in [-0.3, -0.25) is 4.79 Å². The Kier molecular flexibility index (Phi) is 6.98. The van der Waals surface area contributed by atoms with Crippen LogP contribution in [0.5, 0.6) is 0 Å². The molecule has 1 amide bonds. The molecule has 5 nitrogen and oxygen atoms in total. The van der Waals surface area contributed by atoms with Crippen LogP contribution in [0.1, 0.15) is 49.7 Å². The molecule has 0 radical (unpaired) electrons. The highest BCUT2D eigenvalue weighted by Crippen LogP contribution is 2.41. The third kappa shape index (κ3) is 4.33. The number of hydrogen-bond donors (Lipinski definition) is 2. The number of nitrogens with one attached hydrogen (secondary N) is 2. The van der Waals surface area contributed by atoms with Crippen molar-refractivity contribution < 1.29 is 13.2 Å². The van der Waals surface area contributed by atoms with E-state index in [4.69, 9.17) is 0 Å². The molecule has 0 aromatic heterocycles. The maximum Gasteiger partial charge on any atom is 0.241 e. The Bertz CT molecular complexity index is 767. The van der Waals surface area contributed by atoms with Gasteiger partial charge in [0.25, 0.3) is 0 Å². The largest absolute Gasteiger partial charge is 0.354 e. The van der Waals surface area contributed by atoms with Gasteiger partial charge in [-0.15, -0.1) is 12.4 Å². The molecule has 1 aromatic rings. The van der Waals surface area contributed by atoms with Crippen LogP contribution < -0.4 is 10.6 Å². The van der Waals surface area contributed by atoms with E-state index in [1.807, 2.05) is 0 Å². The van der Waals surface area contributed by atoms with E-state index in [1.165, 1.54) is 17.4 Å². The van der Waals surface area contributed by atoms with Gasteiger partial charge in [0.15, 0.2) is 14.6 Å². The molecule has 27 heavy (non-hydrogen) atoms. The van der Waals surface area contributed by atoms with Gasteiger partial charge in [-0.05, 0) is 51.3 Å². The molecule has 7 heteroatoms. The minimum Gasteiger partial charge on any atom is -0.354 e. The smallest absolute Gasteiger partial charge is 0.241 e. The lowest BCUT2D eigenvalue weighted by atomic mass is 9.78. The molecular weight excluding hydrogens is 384 g/mol. The number of aryl methyl sites for hydroxylation is 1. The van der Waals surface area contributed by atoms with Gasteiger partial charge in [0.05, 0.1) is 0 Å². The van der Waals surface area contributed by atoms with Crippen molar-refractivity contribution in [3.63, 3.8) is 0 Å². The standard InChI is InChI=1S/C20H30N2O3S.ClH/c1-16-6-5-7-17(14-16)19(8-3-4-9-19)15-22-18(23)20(26(2,24)25)10-12-21-13-11-20;/h5-7,14,21H,3-4,8-13,15H2,1-2H3,(H,22,23);1H. The Balaban J connectivity index is 0.00000261. The van der Waals surface area contributed by atoms with E-state index in [0.29, 0.717) is 32.5 Å². The summed E-state index contributed by atoms with van der Waals surface area (Å²) in [5, 5.41) is 6.21. The third-order valence-electron chi connectivity index (χ3n) is 6.31. The summed E-state index contributed by atoms with van der Waals surface area (Å²) in [4.78, 5) is 13.0. The van der Waals surface area contributed by atoms with Crippen LogP contribution in [-0.4, -0.2) is 45.0 Å². The molecule has 0 unspecified atom stereocenters. The first-order valence-corrected chi connectivity index (χ1v) is 11.4. The predicted octanol–water partition coefficient (Wildman–Crippen LogP) is 2.51. The van der Waals surface area contributed by atoms with Crippen molar-refractivity contribution in [1.29, 1.82) is 0 Å². The molecule has 1 aliphatic heterocycles. The monoisotopic (exact) mass is 414 g/mol. The number of amides is 1. The second kappa shape index (κ2) is 8.50. The van der Waals surface area contributed by atoms with E-state index in [2.05, 4.69) is 41.8 Å². The Labute approximate surface area is 169 Å². The number of piperidine rings is 1. The van der Waals surface area contributed by atoms with E-state index in [9.17, 15) is 13.2 Å². The zero-order valence-corrected chi connectivity index (χ0v) is 17.8. The molecule has 1 aliphatic carbocycles. The van der Waals surface area contributed by atoms with Gasteiger partial charge in [0.2, 0.25) is 5.91 Å². The van der Waals surface area contributed by atoms with E-state index in [1.54, 1.807) is 0 Å². The highest BCUT2D eigenvalue weighted by atomic mass is 35.5. The maximum atomic E-state index is 13.0. The molecule has 0 atom stereocenters. The third-order valence-corrected chi connectivity index (χ3v) is 8.33. The van der Waals surface area contributed by atoms with Crippen LogP contribution >= 0.6 is 12.4 Å². The fraction of sp³-hybridized carbons (Fsp3) is 0.650. The van der Waals surface area contributed by atoms with Gasteiger partial charge >= 0.3 is 0 Å². The summed E-state index contributed by atoms with van der Waals surface area (Å²) in [6.45, 7) is 3.71. The topological polar surface area (TPSA) is 75.3 Å². The van der Waals surface area contributed by atoms with Gasteiger partial charge in [0.1, 0.15) is 0 Å². The molecule has 0 bridgehead atoms. The number of sulfone groups is 1. The quantitative estimate of drug-likeness (QED) is 0.776. The Morgan fingerprint density at radius 2 is 1.78 bits per heavy atom. The molecule has 1 aromatic carbocycles. The van der Waals surface area contributed by atoms with Crippen molar-refractivity contribution in [3.8, 4) is 0 Å². The minimum atomic E-state index is -3.48. The molecule has 3 rings (SSSR count). The van der Waals surface area contributed by atoms with Gasteiger partial charge in [-0.1, -0.05) is 42.7 Å². The van der Waals surface area contributed by atoms with Crippen molar-refractivity contribution in [2.24, 2.45) is 0 Å². The van der Waals surface area contributed by atoms with Gasteiger partial charge < -0.3 is 10.6 Å². The molecule has 1 saturated carbocycles. The van der Waals surface area contributed by atoms with Gasteiger partial charge in [-0.2, -0.15) is 0 Å². The Hall–Kier alpha value is -1.11. The van der Waals surface area contributed by atoms with Crippen LogP contribution in [0.3, 0.4) is 0 Å². The van der Waals surface area contributed by atoms with Crippen molar-refractivity contribution in [3.05, 3.63) is 35.4 Å². The summed E-state index contributed by atoms with van der Waals surface area (Å²) >= 11 is 0. The second-order valence-electron chi connectivity index (χ2n) is 8.06. The molecule has 2 aliphatic rings. The lowest BCUT2D eigenvalue weighted by Gasteiger charge is -2.36. The van der Waals surface area contributed by atoms with Crippen molar-refractivity contribution in [2.75, 3.05) is 25.9 Å². The minimum absolute atomic E-state index is 0. The lowest BCUT2D eigenvalue weighted by Crippen LogP contribution is -2.58. The maximum absolute atomic E-state index is 13.0. The predicted molar refractivity (Wildman–Crippen MR) is 111 cm³/mol. The van der Waals surface area contributed by atoms with Crippen LogP contribution in [0.4, 0.5) is 0 Å². The summed E-state index contributed by atoms with van der Waals surface area (Å²) in [6, 6.07) is 8.49. The number of carbonyl (C=O) groups is 1. The van der Waals surface area contributed by atoms with E-state index in [0.717, 1.165) is 25.7 Å². The van der Waals surface area contributed by atoms with Gasteiger partial charge in [-0.25, -0.2) is 8.42 Å². The number of carbonyl (C=O) groups excluding carboxylic acids is 1. The van der Waals surface area contributed by atoms with Crippen molar-refractivity contribution in [2.45, 2.75) is 55.6 Å². The van der Waals surface area contributed by atoms with E-state index < -0.39 is 14.6 Å². The Morgan fingerprint density at radius 3 is 2.33 bits per heavy atom. The van der Waals surface area contributed by atoms with Crippen molar-refractivity contribution in [1.82, 2.24) is 10.6 Å². The summed E-state index contributed by atoms with van der Waals surface area (Å²) in [6.07, 6.45) is 6.23. The summed E-state index contributed by atoms with van der Waals surface area (Å²) in [5.74, 6) is -0.319. The van der Waals surface area contributed by atoms with Crippen LogP contribution in [0.25, 0.3) is 0 Å². The molecule has 1 heterocycles. The SMILES string of the molecule is Cc1cccc(C2(CNC(=O)C3(S(C)(=O)=O)CCNCC3)CCCC2)c1.Cl. The van der Waals surface area contributed by atoms with Crippen LogP contribution in [0, 0.1) is 6.92 Å². The number of rotatable bonds is 5. The van der Waals surface area contributed by atoms with Crippen LogP contribution in [0.15, 0.2) is 24.3 Å².